The van der Waals surface area contributed by atoms with Crippen LogP contribution < -0.4 is 4.74 Å². The van der Waals surface area contributed by atoms with E-state index in [1.807, 2.05) is 0 Å². The van der Waals surface area contributed by atoms with Crippen molar-refractivity contribution in [1.29, 1.82) is 0 Å². The summed E-state index contributed by atoms with van der Waals surface area (Å²) in [5.41, 5.74) is 1.36. The molecule has 1 heterocycles. The first-order valence-electron chi connectivity index (χ1n) is 7.59. The van der Waals surface area contributed by atoms with Crippen LogP contribution in [0.5, 0.6) is 5.75 Å². The van der Waals surface area contributed by atoms with Crippen molar-refractivity contribution in [3.8, 4) is 5.75 Å². The summed E-state index contributed by atoms with van der Waals surface area (Å²) < 4.78 is 44.3. The van der Waals surface area contributed by atoms with Crippen molar-refractivity contribution in [3.05, 3.63) is 52.8 Å². The van der Waals surface area contributed by atoms with Crippen molar-refractivity contribution >= 4 is 11.6 Å². The lowest BCUT2D eigenvalue weighted by molar-refractivity contribution is -0.141. The maximum atomic E-state index is 12.6. The summed E-state index contributed by atoms with van der Waals surface area (Å²) in [6, 6.07) is 7.73. The number of alkyl halides is 3. The largest absolute Gasteiger partial charge is 0.485 e. The van der Waals surface area contributed by atoms with E-state index in [-0.39, 0.29) is 23.6 Å². The smallest absolute Gasteiger partial charge is 0.406 e. The lowest BCUT2D eigenvalue weighted by Crippen LogP contribution is -2.20. The van der Waals surface area contributed by atoms with Gasteiger partial charge in [-0.25, -0.2) is 0 Å². The normalized spacial score (nSPS) is 11.4. The van der Waals surface area contributed by atoms with Crippen LogP contribution in [-0.2, 0) is 6.54 Å². The molecule has 0 saturated heterocycles. The maximum absolute atomic E-state index is 12.6. The monoisotopic (exact) mass is 353 g/mol. The second kappa shape index (κ2) is 7.13. The lowest BCUT2D eigenvalue weighted by Gasteiger charge is -2.12. The Balaban J connectivity index is 2.08. The van der Waals surface area contributed by atoms with Crippen LogP contribution in [0.15, 0.2) is 30.3 Å². The van der Waals surface area contributed by atoms with E-state index >= 15 is 0 Å². The second-order valence-electron chi connectivity index (χ2n) is 5.78. The minimum Gasteiger partial charge on any atom is -0.485 e. The first kappa shape index (κ1) is 18.8. The number of aryl methyl sites for hydroxylation is 1. The Kier molecular flexibility index (Phi) is 5.35. The molecule has 0 atom stereocenters. The molecule has 0 aliphatic carbocycles. The summed E-state index contributed by atoms with van der Waals surface area (Å²) in [5, 5.41) is 0. The Hall–Kier alpha value is -2.57. The van der Waals surface area contributed by atoms with Gasteiger partial charge in [0.05, 0.1) is 0 Å². The van der Waals surface area contributed by atoms with Crippen LogP contribution in [-0.4, -0.2) is 28.9 Å². The standard InChI is InChI=1S/C18H18F3NO3/c1-11-8-16(12(2)22(11)10-18(19,20)21)17(24)9-25-15-6-4-14(5-7-15)13(3)23/h4-8H,9-10H2,1-3H3. The van der Waals surface area contributed by atoms with Crippen LogP contribution in [0.4, 0.5) is 13.2 Å². The Morgan fingerprint density at radius 1 is 1.12 bits per heavy atom. The quantitative estimate of drug-likeness (QED) is 0.734. The summed E-state index contributed by atoms with van der Waals surface area (Å²) in [6.07, 6.45) is -4.36. The highest BCUT2D eigenvalue weighted by Gasteiger charge is 2.30. The van der Waals surface area contributed by atoms with Gasteiger partial charge in [-0.1, -0.05) is 0 Å². The van der Waals surface area contributed by atoms with Crippen LogP contribution in [0.1, 0.15) is 39.0 Å². The molecule has 2 rings (SSSR count). The Morgan fingerprint density at radius 3 is 2.24 bits per heavy atom. The molecule has 0 fully saturated rings. The molecule has 0 radical (unpaired) electrons. The zero-order valence-electron chi connectivity index (χ0n) is 14.1. The molecule has 1 aromatic carbocycles. The van der Waals surface area contributed by atoms with Crippen LogP contribution >= 0.6 is 0 Å². The van der Waals surface area contributed by atoms with Gasteiger partial charge in [-0.05, 0) is 51.1 Å². The molecule has 4 nitrogen and oxygen atoms in total. The predicted molar refractivity (Wildman–Crippen MR) is 86.2 cm³/mol. The molecule has 2 aromatic rings. The highest BCUT2D eigenvalue weighted by molar-refractivity contribution is 5.98. The van der Waals surface area contributed by atoms with Gasteiger partial charge in [0.25, 0.3) is 0 Å². The van der Waals surface area contributed by atoms with Crippen molar-refractivity contribution in [2.75, 3.05) is 6.61 Å². The zero-order valence-corrected chi connectivity index (χ0v) is 14.1. The van der Waals surface area contributed by atoms with Crippen LogP contribution in [0.25, 0.3) is 0 Å². The first-order chi connectivity index (χ1) is 11.6. The Morgan fingerprint density at radius 2 is 1.72 bits per heavy atom. The third kappa shape index (κ3) is 4.71. The van der Waals surface area contributed by atoms with Crippen molar-refractivity contribution in [1.82, 2.24) is 4.57 Å². The van der Waals surface area contributed by atoms with Gasteiger partial charge in [-0.15, -0.1) is 0 Å². The molecule has 1 aromatic heterocycles. The van der Waals surface area contributed by atoms with Crippen molar-refractivity contribution in [2.45, 2.75) is 33.5 Å². The lowest BCUT2D eigenvalue weighted by atomic mass is 10.1. The molecule has 7 heteroatoms. The van der Waals surface area contributed by atoms with Gasteiger partial charge in [0.1, 0.15) is 12.3 Å². The van der Waals surface area contributed by atoms with Crippen LogP contribution in [0.2, 0.25) is 0 Å². The number of hydrogen-bond donors (Lipinski definition) is 0. The Labute approximate surface area is 143 Å². The molecular formula is C18H18F3NO3. The topological polar surface area (TPSA) is 48.3 Å². The van der Waals surface area contributed by atoms with Gasteiger partial charge in [0.15, 0.2) is 12.4 Å². The predicted octanol–water partition coefficient (Wildman–Crippen LogP) is 4.13. The van der Waals surface area contributed by atoms with E-state index < -0.39 is 18.5 Å². The van der Waals surface area contributed by atoms with E-state index in [9.17, 15) is 22.8 Å². The molecule has 0 aliphatic heterocycles. The number of Topliss-reactive ketones (excluding diaryl/α,β-unsaturated/α-hetero) is 2. The van der Waals surface area contributed by atoms with Gasteiger partial charge in [-0.2, -0.15) is 13.2 Å². The van der Waals surface area contributed by atoms with Crippen molar-refractivity contribution in [2.24, 2.45) is 0 Å². The summed E-state index contributed by atoms with van der Waals surface area (Å²) >= 11 is 0. The summed E-state index contributed by atoms with van der Waals surface area (Å²) in [5.74, 6) is -0.0839. The highest BCUT2D eigenvalue weighted by Crippen LogP contribution is 2.23. The molecule has 0 aliphatic rings. The van der Waals surface area contributed by atoms with Gasteiger partial charge < -0.3 is 9.30 Å². The maximum Gasteiger partial charge on any atom is 0.406 e. The fourth-order valence-electron chi connectivity index (χ4n) is 2.52. The fraction of sp³-hybridized carbons (Fsp3) is 0.333. The molecule has 25 heavy (non-hydrogen) atoms. The molecule has 0 spiro atoms. The third-order valence-electron chi connectivity index (χ3n) is 3.84. The van der Waals surface area contributed by atoms with Gasteiger partial charge in [0, 0.05) is 22.5 Å². The number of ether oxygens (including phenoxy) is 1. The molecule has 0 saturated carbocycles. The van der Waals surface area contributed by atoms with Gasteiger partial charge in [-0.3, -0.25) is 9.59 Å². The number of ketones is 2. The van der Waals surface area contributed by atoms with E-state index in [4.69, 9.17) is 4.74 Å². The zero-order chi connectivity index (χ0) is 18.8. The number of nitrogens with zero attached hydrogens (tertiary/aromatic N) is 1. The Bertz CT molecular complexity index is 789. The van der Waals surface area contributed by atoms with E-state index in [1.165, 1.54) is 26.8 Å². The number of halogens is 3. The number of rotatable bonds is 6. The summed E-state index contributed by atoms with van der Waals surface area (Å²) in [6.45, 7) is 3.02. The highest BCUT2D eigenvalue weighted by atomic mass is 19.4. The summed E-state index contributed by atoms with van der Waals surface area (Å²) in [4.78, 5) is 23.5. The first-order valence-corrected chi connectivity index (χ1v) is 7.59. The number of aromatic nitrogens is 1. The average molecular weight is 353 g/mol. The van der Waals surface area contributed by atoms with Gasteiger partial charge in [0.2, 0.25) is 5.78 Å². The number of hydrogen-bond acceptors (Lipinski definition) is 3. The number of benzene rings is 1. The average Bonchev–Trinajstić information content (AvgIpc) is 2.79. The molecular weight excluding hydrogens is 335 g/mol. The third-order valence-corrected chi connectivity index (χ3v) is 3.84. The van der Waals surface area contributed by atoms with E-state index in [0.717, 1.165) is 4.57 Å². The van der Waals surface area contributed by atoms with Gasteiger partial charge >= 0.3 is 6.18 Å². The number of carbonyl (C=O) groups excluding carboxylic acids is 2. The molecule has 134 valence electrons. The SMILES string of the molecule is CC(=O)c1ccc(OCC(=O)c2cc(C)n(CC(F)(F)F)c2C)cc1. The molecule has 0 amide bonds. The van der Waals surface area contributed by atoms with Crippen LogP contribution in [0, 0.1) is 13.8 Å². The minimum absolute atomic E-state index is 0.0836. The molecule has 0 N–H and O–H groups in total. The fourth-order valence-corrected chi connectivity index (χ4v) is 2.52. The molecule has 0 unspecified atom stereocenters. The number of carbonyl (C=O) groups is 2. The second-order valence-corrected chi connectivity index (χ2v) is 5.78. The summed E-state index contributed by atoms with van der Waals surface area (Å²) in [7, 11) is 0. The minimum atomic E-state index is -4.36. The van der Waals surface area contributed by atoms with Crippen molar-refractivity contribution < 1.29 is 27.5 Å². The van der Waals surface area contributed by atoms with Crippen molar-refractivity contribution in [3.63, 3.8) is 0 Å². The van der Waals surface area contributed by atoms with Crippen LogP contribution in [0.3, 0.4) is 0 Å². The molecule has 0 bridgehead atoms. The van der Waals surface area contributed by atoms with E-state index in [0.29, 0.717) is 17.0 Å². The van der Waals surface area contributed by atoms with E-state index in [1.54, 1.807) is 24.3 Å². The van der Waals surface area contributed by atoms with E-state index in [2.05, 4.69) is 0 Å².